The van der Waals surface area contributed by atoms with Crippen LogP contribution < -0.4 is 26.4 Å². The number of rotatable bonds is 11. The lowest BCUT2D eigenvalue weighted by molar-refractivity contribution is -0.274. The van der Waals surface area contributed by atoms with Crippen LogP contribution in [0.3, 0.4) is 0 Å². The Labute approximate surface area is 213 Å². The third-order valence-corrected chi connectivity index (χ3v) is 5.07. The number of carbonyl (C=O) groups excluding carboxylic acids is 2. The van der Waals surface area contributed by atoms with Crippen molar-refractivity contribution in [1.82, 2.24) is 16.0 Å². The molecule has 206 valence electrons. The normalized spacial score (nSPS) is 17.9. The van der Waals surface area contributed by atoms with Crippen LogP contribution in [0.4, 0.5) is 13.2 Å². The maximum absolute atomic E-state index is 12.1. The molecular formula is C24H33F3N4O6. The number of hydrogen-bond acceptors (Lipinski definition) is 8. The molecule has 0 aromatic heterocycles. The molecule has 0 radical (unpaired) electrons. The number of nitrogens with one attached hydrogen (secondary N) is 3. The van der Waals surface area contributed by atoms with E-state index in [2.05, 4.69) is 25.4 Å². The second-order valence-electron chi connectivity index (χ2n) is 8.13. The molecule has 1 aromatic rings. The summed E-state index contributed by atoms with van der Waals surface area (Å²) in [5.41, 5.74) is 5.26. The lowest BCUT2D eigenvalue weighted by Gasteiger charge is -2.33. The largest absolute Gasteiger partial charge is 0.573 e. The predicted molar refractivity (Wildman–Crippen MR) is 129 cm³/mol. The van der Waals surface area contributed by atoms with Crippen molar-refractivity contribution >= 4 is 17.8 Å². The zero-order valence-corrected chi connectivity index (χ0v) is 20.8. The summed E-state index contributed by atoms with van der Waals surface area (Å²) in [6.07, 6.45) is 3.64. The lowest BCUT2D eigenvalue weighted by Crippen LogP contribution is -2.55. The number of aliphatic carboxylic acids is 1. The van der Waals surface area contributed by atoms with Crippen molar-refractivity contribution < 1.29 is 42.1 Å². The fraction of sp³-hybridized carbons (Fsp3) is 0.458. The van der Waals surface area contributed by atoms with E-state index in [4.69, 9.17) is 10.8 Å². The van der Waals surface area contributed by atoms with Gasteiger partial charge in [-0.15, -0.1) is 13.2 Å². The van der Waals surface area contributed by atoms with Crippen LogP contribution in [0.5, 0.6) is 5.75 Å². The number of carbonyl (C=O) groups is 3. The molecule has 3 atom stereocenters. The molecule has 0 fully saturated rings. The van der Waals surface area contributed by atoms with Gasteiger partial charge in [0.1, 0.15) is 11.4 Å². The molecule has 1 heterocycles. The molecule has 13 heteroatoms. The van der Waals surface area contributed by atoms with Crippen LogP contribution in [0.25, 0.3) is 0 Å². The minimum Gasteiger partial charge on any atom is -0.481 e. The highest BCUT2D eigenvalue weighted by molar-refractivity contribution is 5.79. The van der Waals surface area contributed by atoms with Crippen molar-refractivity contribution in [3.05, 3.63) is 54.3 Å². The average molecular weight is 531 g/mol. The Hall–Kier alpha value is -3.58. The topological polar surface area (TPSA) is 152 Å². The van der Waals surface area contributed by atoms with E-state index < -0.39 is 36.0 Å². The molecule has 0 spiro atoms. The van der Waals surface area contributed by atoms with Gasteiger partial charge in [0.05, 0.1) is 32.5 Å². The van der Waals surface area contributed by atoms with Crippen LogP contribution in [-0.2, 0) is 19.1 Å². The van der Waals surface area contributed by atoms with Crippen LogP contribution in [0.2, 0.25) is 0 Å². The lowest BCUT2D eigenvalue weighted by atomic mass is 10.0. The van der Waals surface area contributed by atoms with Gasteiger partial charge in [-0.05, 0) is 49.4 Å². The number of dihydropyridines is 1. The van der Waals surface area contributed by atoms with Crippen molar-refractivity contribution in [3.63, 3.8) is 0 Å². The zero-order valence-electron chi connectivity index (χ0n) is 20.8. The van der Waals surface area contributed by atoms with Crippen molar-refractivity contribution in [2.24, 2.45) is 5.73 Å². The zero-order chi connectivity index (χ0) is 28.1. The smallest absolute Gasteiger partial charge is 0.481 e. The minimum atomic E-state index is -4.79. The number of halogens is 3. The Morgan fingerprint density at radius 1 is 1.16 bits per heavy atom. The maximum Gasteiger partial charge on any atom is 0.573 e. The Balaban J connectivity index is 0.000000397. The number of alkyl halides is 3. The number of carboxylic acid groups (broad SMARTS) is 1. The molecule has 10 nitrogen and oxygen atoms in total. The molecule has 1 aliphatic heterocycles. The number of allylic oxidation sites excluding steroid dienone is 2. The van der Waals surface area contributed by atoms with Gasteiger partial charge in [0.15, 0.2) is 0 Å². The van der Waals surface area contributed by atoms with Crippen LogP contribution in [0, 0.1) is 0 Å². The van der Waals surface area contributed by atoms with E-state index in [0.717, 1.165) is 18.6 Å². The first-order valence-electron chi connectivity index (χ1n) is 11.3. The number of hydrogen-bond donors (Lipinski definition) is 5. The first-order valence-corrected chi connectivity index (χ1v) is 11.3. The number of amides is 1. The Morgan fingerprint density at radius 2 is 1.81 bits per heavy atom. The van der Waals surface area contributed by atoms with Gasteiger partial charge in [-0.2, -0.15) is 0 Å². The number of methoxy groups -OCH3 is 1. The number of nitrogens with two attached hydrogens (primary N) is 1. The fourth-order valence-electron chi connectivity index (χ4n) is 3.25. The first kappa shape index (κ1) is 31.4. The summed E-state index contributed by atoms with van der Waals surface area (Å²) in [4.78, 5) is 33.3. The van der Waals surface area contributed by atoms with Gasteiger partial charge in [0.25, 0.3) is 0 Å². The summed E-state index contributed by atoms with van der Waals surface area (Å²) in [5, 5.41) is 17.7. The van der Waals surface area contributed by atoms with E-state index in [0.29, 0.717) is 5.56 Å². The summed E-state index contributed by atoms with van der Waals surface area (Å²) in [6.45, 7) is 3.68. The van der Waals surface area contributed by atoms with E-state index >= 15 is 0 Å². The highest BCUT2D eigenvalue weighted by Gasteiger charge is 2.31. The molecule has 1 amide bonds. The average Bonchev–Trinajstić information content (AvgIpc) is 2.83. The van der Waals surface area contributed by atoms with Crippen molar-refractivity contribution in [3.8, 4) is 5.75 Å². The van der Waals surface area contributed by atoms with Crippen LogP contribution >= 0.6 is 0 Å². The van der Waals surface area contributed by atoms with Crippen LogP contribution in [0.1, 0.15) is 44.7 Å². The number of ether oxygens (including phenoxy) is 2. The van der Waals surface area contributed by atoms with Gasteiger partial charge in [-0.3, -0.25) is 19.7 Å². The second kappa shape index (κ2) is 14.9. The third-order valence-electron chi connectivity index (χ3n) is 5.07. The van der Waals surface area contributed by atoms with E-state index in [-0.39, 0.29) is 31.1 Å². The standard InChI is InChI=1S/C13H15F3N2O4.C11H18N2O2/c1-21-12(20)6-10(18-11(19)7-17)8-2-4-9(5-3-8)22-13(14,15)16;1-3-9(8-10(14)15)13-11(2)6-4-5-7-12-11/h2-5,10H,6-7,17H2,1H3,(H,18,19);4-7,9,12-13H,3,8H2,1-2H3,(H,14,15). The molecule has 3 unspecified atom stereocenters. The summed E-state index contributed by atoms with van der Waals surface area (Å²) in [7, 11) is 1.18. The van der Waals surface area contributed by atoms with Gasteiger partial charge >= 0.3 is 18.3 Å². The predicted octanol–water partition coefficient (Wildman–Crippen LogP) is 2.48. The van der Waals surface area contributed by atoms with Gasteiger partial charge in [0.2, 0.25) is 5.91 Å². The quantitative estimate of drug-likeness (QED) is 0.272. The number of carboxylic acids is 1. The molecule has 1 aromatic carbocycles. The van der Waals surface area contributed by atoms with Gasteiger partial charge in [-0.1, -0.05) is 25.1 Å². The Kier molecular flexibility index (Phi) is 12.6. The summed E-state index contributed by atoms with van der Waals surface area (Å²) in [6, 6.07) is 4.01. The SMILES string of the molecule is CCC(CC(=O)O)NC1(C)C=CC=CN1.COC(=O)CC(NC(=O)CN)c1ccc(OC(F)(F)F)cc1. The number of esters is 1. The van der Waals surface area contributed by atoms with Crippen molar-refractivity contribution in [2.75, 3.05) is 13.7 Å². The van der Waals surface area contributed by atoms with Gasteiger partial charge < -0.3 is 30.9 Å². The molecule has 6 N–H and O–H groups in total. The maximum atomic E-state index is 12.1. The van der Waals surface area contributed by atoms with Crippen LogP contribution in [0.15, 0.2) is 48.7 Å². The molecule has 37 heavy (non-hydrogen) atoms. The third kappa shape index (κ3) is 12.8. The Morgan fingerprint density at radius 3 is 2.27 bits per heavy atom. The fourth-order valence-corrected chi connectivity index (χ4v) is 3.25. The highest BCUT2D eigenvalue weighted by Crippen LogP contribution is 2.25. The summed E-state index contributed by atoms with van der Waals surface area (Å²) in [5.74, 6) is -2.27. The van der Waals surface area contributed by atoms with Crippen molar-refractivity contribution in [2.45, 2.75) is 57.2 Å². The highest BCUT2D eigenvalue weighted by atomic mass is 19.4. The number of benzene rings is 1. The van der Waals surface area contributed by atoms with Crippen molar-refractivity contribution in [1.29, 1.82) is 0 Å². The molecule has 0 saturated heterocycles. The van der Waals surface area contributed by atoms with Gasteiger partial charge in [0, 0.05) is 6.04 Å². The molecule has 0 saturated carbocycles. The van der Waals surface area contributed by atoms with Gasteiger partial charge in [-0.25, -0.2) is 0 Å². The van der Waals surface area contributed by atoms with E-state index in [1.807, 2.05) is 38.3 Å². The molecule has 1 aliphatic rings. The van der Waals surface area contributed by atoms with E-state index in [1.54, 1.807) is 0 Å². The Bertz CT molecular complexity index is 935. The monoisotopic (exact) mass is 530 g/mol. The molecule has 0 bridgehead atoms. The minimum absolute atomic E-state index is 0.0175. The van der Waals surface area contributed by atoms with Crippen LogP contribution in [-0.4, -0.2) is 54.7 Å². The molecular weight excluding hydrogens is 497 g/mol. The summed E-state index contributed by atoms with van der Waals surface area (Å²) < 4.78 is 44.5. The molecule has 0 aliphatic carbocycles. The van der Waals surface area contributed by atoms with E-state index in [1.165, 1.54) is 19.2 Å². The molecule has 2 rings (SSSR count). The van der Waals surface area contributed by atoms with E-state index in [9.17, 15) is 27.6 Å². The summed E-state index contributed by atoms with van der Waals surface area (Å²) >= 11 is 0. The second-order valence-corrected chi connectivity index (χ2v) is 8.13. The first-order chi connectivity index (χ1) is 17.3.